The highest BCUT2D eigenvalue weighted by molar-refractivity contribution is 8.00. The lowest BCUT2D eigenvalue weighted by Crippen LogP contribution is -2.52. The number of carbonyl (C=O) groups is 1. The second kappa shape index (κ2) is 6.66. The topological polar surface area (TPSA) is 35.6 Å². The molecule has 5 heteroatoms. The number of rotatable bonds is 4. The van der Waals surface area contributed by atoms with E-state index in [-0.39, 0.29) is 16.8 Å². The molecule has 1 fully saturated rings. The summed E-state index contributed by atoms with van der Waals surface area (Å²) in [5.74, 6) is 1.03. The third kappa shape index (κ3) is 5.48. The van der Waals surface area contributed by atoms with Crippen LogP contribution in [0, 0.1) is 0 Å². The Morgan fingerprint density at radius 2 is 2.17 bits per heavy atom. The lowest BCUT2D eigenvalue weighted by molar-refractivity contribution is 0.190. The SMILES string of the molecule is C[C@H](CCN(C)C)NC(=O)N1CCSC(C)(C)C1. The summed E-state index contributed by atoms with van der Waals surface area (Å²) >= 11 is 1.95. The highest BCUT2D eigenvalue weighted by Crippen LogP contribution is 2.29. The van der Waals surface area contributed by atoms with E-state index in [1.807, 2.05) is 16.7 Å². The van der Waals surface area contributed by atoms with Crippen LogP contribution in [0.5, 0.6) is 0 Å². The Bertz CT molecular complexity index is 281. The number of nitrogens with zero attached hydrogens (tertiary/aromatic N) is 2. The smallest absolute Gasteiger partial charge is 0.317 e. The molecule has 106 valence electrons. The third-order valence-corrected chi connectivity index (χ3v) is 4.39. The third-order valence-electron chi connectivity index (χ3n) is 3.09. The van der Waals surface area contributed by atoms with Crippen molar-refractivity contribution in [1.29, 1.82) is 0 Å². The maximum atomic E-state index is 12.1. The summed E-state index contributed by atoms with van der Waals surface area (Å²) in [7, 11) is 4.11. The van der Waals surface area contributed by atoms with Gasteiger partial charge in [0, 0.05) is 29.6 Å². The Morgan fingerprint density at radius 1 is 1.50 bits per heavy atom. The first-order valence-corrected chi connectivity index (χ1v) is 7.63. The molecule has 0 radical (unpaired) electrons. The Hall–Kier alpha value is -0.420. The molecule has 0 aliphatic carbocycles. The van der Waals surface area contributed by atoms with Crippen molar-refractivity contribution in [1.82, 2.24) is 15.1 Å². The molecule has 0 unspecified atom stereocenters. The molecule has 4 nitrogen and oxygen atoms in total. The second-order valence-electron chi connectivity index (χ2n) is 5.97. The molecule has 1 heterocycles. The van der Waals surface area contributed by atoms with Crippen LogP contribution in [-0.2, 0) is 0 Å². The fourth-order valence-corrected chi connectivity index (χ4v) is 3.13. The molecule has 1 rings (SSSR count). The number of hydrogen-bond acceptors (Lipinski definition) is 3. The summed E-state index contributed by atoms with van der Waals surface area (Å²) < 4.78 is 0.183. The van der Waals surface area contributed by atoms with Crippen molar-refractivity contribution >= 4 is 17.8 Å². The van der Waals surface area contributed by atoms with E-state index >= 15 is 0 Å². The zero-order chi connectivity index (χ0) is 13.8. The molecule has 1 N–H and O–H groups in total. The Morgan fingerprint density at radius 3 is 2.72 bits per heavy atom. The van der Waals surface area contributed by atoms with E-state index in [0.717, 1.165) is 31.8 Å². The van der Waals surface area contributed by atoms with Crippen LogP contribution >= 0.6 is 11.8 Å². The van der Waals surface area contributed by atoms with Crippen molar-refractivity contribution in [3.8, 4) is 0 Å². The minimum Gasteiger partial charge on any atom is -0.335 e. The fourth-order valence-electron chi connectivity index (χ4n) is 2.02. The molecule has 0 bridgehead atoms. The van der Waals surface area contributed by atoms with E-state index in [0.29, 0.717) is 0 Å². The summed E-state index contributed by atoms with van der Waals surface area (Å²) in [6.45, 7) is 9.18. The molecule has 0 aromatic heterocycles. The summed E-state index contributed by atoms with van der Waals surface area (Å²) in [6.07, 6.45) is 0.991. The minimum absolute atomic E-state index is 0.0923. The maximum Gasteiger partial charge on any atom is 0.317 e. The van der Waals surface area contributed by atoms with Gasteiger partial charge in [-0.25, -0.2) is 4.79 Å². The summed E-state index contributed by atoms with van der Waals surface area (Å²) in [5, 5.41) is 3.09. The molecule has 1 aliphatic heterocycles. The molecule has 1 aliphatic rings. The maximum absolute atomic E-state index is 12.1. The van der Waals surface area contributed by atoms with Gasteiger partial charge in [-0.15, -0.1) is 0 Å². The molecular formula is C13H27N3OS. The van der Waals surface area contributed by atoms with E-state index in [1.165, 1.54) is 0 Å². The number of nitrogens with one attached hydrogen (secondary N) is 1. The van der Waals surface area contributed by atoms with Crippen molar-refractivity contribution in [2.75, 3.05) is 39.5 Å². The molecule has 1 atom stereocenters. The van der Waals surface area contributed by atoms with Gasteiger partial charge in [0.1, 0.15) is 0 Å². The van der Waals surface area contributed by atoms with Crippen molar-refractivity contribution in [3.63, 3.8) is 0 Å². The van der Waals surface area contributed by atoms with Crippen LogP contribution in [0.25, 0.3) is 0 Å². The predicted molar refractivity (Wildman–Crippen MR) is 79.3 cm³/mol. The molecule has 0 spiro atoms. The average Bonchev–Trinajstić information content (AvgIpc) is 2.25. The van der Waals surface area contributed by atoms with E-state index in [9.17, 15) is 4.79 Å². The van der Waals surface area contributed by atoms with Gasteiger partial charge in [0.2, 0.25) is 0 Å². The van der Waals surface area contributed by atoms with Crippen molar-refractivity contribution in [2.24, 2.45) is 0 Å². The molecule has 1 saturated heterocycles. The standard InChI is InChI=1S/C13H27N3OS/c1-11(6-7-15(4)5)14-12(17)16-8-9-18-13(2,3)10-16/h11H,6-10H2,1-5H3,(H,14,17)/t11-/m1/s1. The van der Waals surface area contributed by atoms with Crippen LogP contribution < -0.4 is 5.32 Å². The van der Waals surface area contributed by atoms with Gasteiger partial charge < -0.3 is 15.1 Å². The van der Waals surface area contributed by atoms with Gasteiger partial charge in [0.05, 0.1) is 0 Å². The molecular weight excluding hydrogens is 246 g/mol. The highest BCUT2D eigenvalue weighted by Gasteiger charge is 2.29. The Kier molecular flexibility index (Phi) is 5.79. The van der Waals surface area contributed by atoms with Crippen LogP contribution in [0.2, 0.25) is 0 Å². The van der Waals surface area contributed by atoms with E-state index < -0.39 is 0 Å². The van der Waals surface area contributed by atoms with Gasteiger partial charge in [0.25, 0.3) is 0 Å². The second-order valence-corrected chi connectivity index (χ2v) is 7.77. The number of amides is 2. The fraction of sp³-hybridized carbons (Fsp3) is 0.923. The van der Waals surface area contributed by atoms with Gasteiger partial charge in [0.15, 0.2) is 0 Å². The van der Waals surface area contributed by atoms with Crippen LogP contribution in [0.3, 0.4) is 0 Å². The van der Waals surface area contributed by atoms with Gasteiger partial charge in [-0.05, 0) is 47.8 Å². The van der Waals surface area contributed by atoms with Crippen LogP contribution in [-0.4, -0.2) is 66.1 Å². The van der Waals surface area contributed by atoms with Gasteiger partial charge >= 0.3 is 6.03 Å². The lowest BCUT2D eigenvalue weighted by Gasteiger charge is -2.38. The van der Waals surface area contributed by atoms with E-state index in [1.54, 1.807) is 0 Å². The van der Waals surface area contributed by atoms with Gasteiger partial charge in [-0.2, -0.15) is 11.8 Å². The number of carbonyl (C=O) groups excluding carboxylic acids is 1. The normalized spacial score (nSPS) is 20.9. The van der Waals surface area contributed by atoms with Crippen LogP contribution in [0.15, 0.2) is 0 Å². The highest BCUT2D eigenvalue weighted by atomic mass is 32.2. The molecule has 0 saturated carbocycles. The predicted octanol–water partition coefficient (Wildman–Crippen LogP) is 1.86. The molecule has 0 aromatic rings. The summed E-state index contributed by atoms with van der Waals surface area (Å²) in [4.78, 5) is 16.2. The van der Waals surface area contributed by atoms with Crippen LogP contribution in [0.1, 0.15) is 27.2 Å². The largest absolute Gasteiger partial charge is 0.335 e. The summed E-state index contributed by atoms with van der Waals surface area (Å²) in [6, 6.07) is 0.326. The first-order chi connectivity index (χ1) is 8.30. The number of hydrogen-bond donors (Lipinski definition) is 1. The number of urea groups is 1. The Labute approximate surface area is 115 Å². The quantitative estimate of drug-likeness (QED) is 0.849. The lowest BCUT2D eigenvalue weighted by atomic mass is 10.2. The zero-order valence-electron chi connectivity index (χ0n) is 12.3. The minimum atomic E-state index is 0.0923. The molecule has 0 aromatic carbocycles. The van der Waals surface area contributed by atoms with Crippen molar-refractivity contribution in [3.05, 3.63) is 0 Å². The first kappa shape index (κ1) is 15.6. The van der Waals surface area contributed by atoms with Crippen LogP contribution in [0.4, 0.5) is 4.79 Å². The van der Waals surface area contributed by atoms with Gasteiger partial charge in [-0.3, -0.25) is 0 Å². The van der Waals surface area contributed by atoms with E-state index in [2.05, 4.69) is 45.1 Å². The Balaban J connectivity index is 2.35. The number of thioether (sulfide) groups is 1. The van der Waals surface area contributed by atoms with Gasteiger partial charge in [-0.1, -0.05) is 0 Å². The molecule has 2 amide bonds. The zero-order valence-corrected chi connectivity index (χ0v) is 13.1. The van der Waals surface area contributed by atoms with Crippen molar-refractivity contribution in [2.45, 2.75) is 38.0 Å². The van der Waals surface area contributed by atoms with Crippen molar-refractivity contribution < 1.29 is 4.79 Å². The van der Waals surface area contributed by atoms with E-state index in [4.69, 9.17) is 0 Å². The monoisotopic (exact) mass is 273 g/mol. The first-order valence-electron chi connectivity index (χ1n) is 6.64. The average molecular weight is 273 g/mol. The summed E-state index contributed by atoms with van der Waals surface area (Å²) in [5.41, 5.74) is 0. The molecule has 18 heavy (non-hydrogen) atoms.